The molecule has 1 amide bonds. The summed E-state index contributed by atoms with van der Waals surface area (Å²) >= 11 is 0. The Labute approximate surface area is 181 Å². The maximum absolute atomic E-state index is 13.5. The van der Waals surface area contributed by atoms with Crippen molar-refractivity contribution in [2.75, 3.05) is 6.54 Å². The van der Waals surface area contributed by atoms with Crippen LogP contribution in [0.1, 0.15) is 39.5 Å². The van der Waals surface area contributed by atoms with Crippen LogP contribution in [0.4, 0.5) is 0 Å². The maximum Gasteiger partial charge on any atom is 0.312 e. The van der Waals surface area contributed by atoms with Gasteiger partial charge in [-0.15, -0.1) is 10.2 Å². The number of fused-ring (bicyclic) bond motifs is 2. The summed E-state index contributed by atoms with van der Waals surface area (Å²) in [6, 6.07) is 7.47. The van der Waals surface area contributed by atoms with E-state index in [-0.39, 0.29) is 17.7 Å². The Kier molecular flexibility index (Phi) is 3.97. The Morgan fingerprint density at radius 1 is 1.25 bits per heavy atom. The standard InChI is InChI=1S/C21H19N9O2/c1-12-4-3-5-13-8-15(27-30(12)13)18-17-14(22-10-23-17)6-7-29(18)21(31)20-26-25-19(32-20)16-9-28(2)11-24-16/h3-5,8-11,18H,6-7H2,1-2H3,(H,22,23)/t18-/m1/s1. The molecule has 6 rings (SSSR count). The van der Waals surface area contributed by atoms with Gasteiger partial charge in [0.25, 0.3) is 5.89 Å². The lowest BCUT2D eigenvalue weighted by molar-refractivity contribution is 0.0646. The molecule has 0 saturated heterocycles. The number of nitrogens with one attached hydrogen (secondary N) is 1. The number of carbonyl (C=O) groups excluding carboxylic acids is 1. The Morgan fingerprint density at radius 2 is 2.16 bits per heavy atom. The quantitative estimate of drug-likeness (QED) is 0.465. The van der Waals surface area contributed by atoms with Crippen LogP contribution >= 0.6 is 0 Å². The number of rotatable bonds is 3. The third-order valence-corrected chi connectivity index (χ3v) is 5.69. The monoisotopic (exact) mass is 429 g/mol. The minimum Gasteiger partial charge on any atom is -0.411 e. The van der Waals surface area contributed by atoms with Crippen molar-refractivity contribution in [2.24, 2.45) is 7.05 Å². The molecule has 32 heavy (non-hydrogen) atoms. The molecule has 1 aliphatic heterocycles. The maximum atomic E-state index is 13.5. The number of aromatic amines is 1. The van der Waals surface area contributed by atoms with Gasteiger partial charge in [0.1, 0.15) is 11.7 Å². The van der Waals surface area contributed by atoms with E-state index in [1.165, 1.54) is 0 Å². The second-order valence-electron chi connectivity index (χ2n) is 7.83. The van der Waals surface area contributed by atoms with E-state index >= 15 is 0 Å². The van der Waals surface area contributed by atoms with E-state index in [2.05, 4.69) is 25.1 Å². The van der Waals surface area contributed by atoms with Crippen molar-refractivity contribution in [3.05, 3.63) is 71.8 Å². The van der Waals surface area contributed by atoms with E-state index in [4.69, 9.17) is 9.52 Å². The van der Waals surface area contributed by atoms with Gasteiger partial charge in [0.2, 0.25) is 0 Å². The fourth-order valence-corrected chi connectivity index (χ4v) is 4.16. The average molecular weight is 429 g/mol. The van der Waals surface area contributed by atoms with Crippen molar-refractivity contribution in [1.29, 1.82) is 0 Å². The number of aromatic nitrogens is 8. The van der Waals surface area contributed by atoms with Crippen molar-refractivity contribution in [3.63, 3.8) is 0 Å². The van der Waals surface area contributed by atoms with Gasteiger partial charge < -0.3 is 18.9 Å². The first-order valence-corrected chi connectivity index (χ1v) is 10.2. The highest BCUT2D eigenvalue weighted by molar-refractivity contribution is 5.90. The van der Waals surface area contributed by atoms with Gasteiger partial charge in [-0.1, -0.05) is 6.07 Å². The summed E-state index contributed by atoms with van der Waals surface area (Å²) in [4.78, 5) is 27.1. The minimum absolute atomic E-state index is 0.0883. The molecule has 11 heteroatoms. The molecule has 6 heterocycles. The minimum atomic E-state index is -0.470. The van der Waals surface area contributed by atoms with E-state index in [0.29, 0.717) is 18.7 Å². The largest absolute Gasteiger partial charge is 0.411 e. The van der Waals surface area contributed by atoms with E-state index in [1.54, 1.807) is 28.3 Å². The van der Waals surface area contributed by atoms with E-state index in [9.17, 15) is 4.79 Å². The number of hydrogen-bond acceptors (Lipinski definition) is 7. The number of amides is 1. The zero-order chi connectivity index (χ0) is 21.8. The lowest BCUT2D eigenvalue weighted by Crippen LogP contribution is -2.41. The lowest BCUT2D eigenvalue weighted by atomic mass is 9.99. The van der Waals surface area contributed by atoms with Crippen molar-refractivity contribution in [1.82, 2.24) is 44.2 Å². The molecular weight excluding hydrogens is 410 g/mol. The van der Waals surface area contributed by atoms with Gasteiger partial charge in [-0.05, 0) is 25.1 Å². The fraction of sp³-hybridized carbons (Fsp3) is 0.238. The topological polar surface area (TPSA) is 123 Å². The van der Waals surface area contributed by atoms with Gasteiger partial charge in [0.05, 0.1) is 29.6 Å². The normalized spacial score (nSPS) is 15.9. The van der Waals surface area contributed by atoms with Crippen LogP contribution in [0.3, 0.4) is 0 Å². The number of nitrogens with zero attached hydrogens (tertiary/aromatic N) is 8. The van der Waals surface area contributed by atoms with E-state index in [1.807, 2.05) is 42.8 Å². The van der Waals surface area contributed by atoms with E-state index < -0.39 is 6.04 Å². The summed E-state index contributed by atoms with van der Waals surface area (Å²) in [5.74, 6) is -0.256. The number of imidazole rings is 2. The van der Waals surface area contributed by atoms with Gasteiger partial charge in [0.15, 0.2) is 0 Å². The summed E-state index contributed by atoms with van der Waals surface area (Å²) in [5.41, 5.74) is 4.96. The molecule has 5 aromatic heterocycles. The molecule has 11 nitrogen and oxygen atoms in total. The first-order chi connectivity index (χ1) is 15.6. The predicted molar refractivity (Wildman–Crippen MR) is 112 cm³/mol. The average Bonchev–Trinajstić information content (AvgIpc) is 3.57. The Balaban J connectivity index is 1.41. The summed E-state index contributed by atoms with van der Waals surface area (Å²) in [6.07, 6.45) is 5.68. The number of carbonyl (C=O) groups is 1. The van der Waals surface area contributed by atoms with Crippen molar-refractivity contribution < 1.29 is 9.21 Å². The van der Waals surface area contributed by atoms with Crippen LogP contribution in [0.5, 0.6) is 0 Å². The molecule has 1 N–H and O–H groups in total. The molecule has 0 aromatic carbocycles. The van der Waals surface area contributed by atoms with Crippen LogP contribution in [-0.4, -0.2) is 56.7 Å². The van der Waals surface area contributed by atoms with Gasteiger partial charge in [0, 0.05) is 37.6 Å². The van der Waals surface area contributed by atoms with Crippen LogP contribution in [0.15, 0.2) is 47.5 Å². The molecule has 5 aromatic rings. The highest BCUT2D eigenvalue weighted by atomic mass is 16.4. The van der Waals surface area contributed by atoms with Crippen molar-refractivity contribution in [3.8, 4) is 11.6 Å². The number of pyridine rings is 1. The van der Waals surface area contributed by atoms with Gasteiger partial charge in [-0.2, -0.15) is 5.10 Å². The van der Waals surface area contributed by atoms with E-state index in [0.717, 1.165) is 28.3 Å². The highest BCUT2D eigenvalue weighted by Crippen LogP contribution is 2.34. The van der Waals surface area contributed by atoms with Gasteiger partial charge >= 0.3 is 11.8 Å². The van der Waals surface area contributed by atoms with Gasteiger partial charge in [-0.3, -0.25) is 4.79 Å². The summed E-state index contributed by atoms with van der Waals surface area (Å²) in [7, 11) is 1.84. The number of hydrogen-bond donors (Lipinski definition) is 1. The molecule has 1 atom stereocenters. The third-order valence-electron chi connectivity index (χ3n) is 5.69. The highest BCUT2D eigenvalue weighted by Gasteiger charge is 2.38. The Bertz CT molecular complexity index is 1460. The van der Waals surface area contributed by atoms with Crippen LogP contribution in [0.25, 0.3) is 17.1 Å². The van der Waals surface area contributed by atoms with Crippen molar-refractivity contribution >= 4 is 11.4 Å². The SMILES string of the molecule is Cc1cccc2cc([C@@H]3c4nc[nH]c4CCN3C(=O)c3nnc(-c4cn(C)cn4)o3)nn12. The summed E-state index contributed by atoms with van der Waals surface area (Å²) < 4.78 is 9.32. The first kappa shape index (κ1) is 18.5. The molecule has 0 aliphatic carbocycles. The predicted octanol–water partition coefficient (Wildman–Crippen LogP) is 1.94. The Hall–Kier alpha value is -4.28. The smallest absolute Gasteiger partial charge is 0.312 e. The fourth-order valence-electron chi connectivity index (χ4n) is 4.16. The van der Waals surface area contributed by atoms with Crippen LogP contribution in [0, 0.1) is 6.92 Å². The number of aryl methyl sites for hydroxylation is 2. The van der Waals surface area contributed by atoms with Crippen LogP contribution in [0.2, 0.25) is 0 Å². The molecule has 0 saturated carbocycles. The Morgan fingerprint density at radius 3 is 2.97 bits per heavy atom. The van der Waals surface area contributed by atoms with Gasteiger partial charge in [-0.25, -0.2) is 14.5 Å². The first-order valence-electron chi connectivity index (χ1n) is 10.2. The second-order valence-corrected chi connectivity index (χ2v) is 7.83. The molecule has 0 unspecified atom stereocenters. The number of H-pyrrole nitrogens is 1. The zero-order valence-electron chi connectivity index (χ0n) is 17.4. The lowest BCUT2D eigenvalue weighted by Gasteiger charge is -2.32. The molecule has 0 spiro atoms. The van der Waals surface area contributed by atoms with Crippen LogP contribution in [-0.2, 0) is 13.5 Å². The molecule has 1 aliphatic rings. The summed E-state index contributed by atoms with van der Waals surface area (Å²) in [6.45, 7) is 2.46. The molecule has 0 fully saturated rings. The van der Waals surface area contributed by atoms with Crippen molar-refractivity contribution in [2.45, 2.75) is 19.4 Å². The summed E-state index contributed by atoms with van der Waals surface area (Å²) in [5, 5.41) is 12.8. The zero-order valence-corrected chi connectivity index (χ0v) is 17.4. The molecule has 0 bridgehead atoms. The van der Waals surface area contributed by atoms with Crippen LogP contribution < -0.4 is 0 Å². The molecule has 0 radical (unpaired) electrons. The third kappa shape index (κ3) is 2.82. The molecular formula is C21H19N9O2. The second kappa shape index (κ2) is 6.87. The molecule has 160 valence electrons.